The first-order valence-corrected chi connectivity index (χ1v) is 7.40. The zero-order valence-corrected chi connectivity index (χ0v) is 13.2. The van der Waals surface area contributed by atoms with Gasteiger partial charge in [0.1, 0.15) is 0 Å². The van der Waals surface area contributed by atoms with E-state index in [4.69, 9.17) is 4.55 Å². The van der Waals surface area contributed by atoms with Gasteiger partial charge in [0.2, 0.25) is 0 Å². The number of nitrogens with zero attached hydrogens (tertiary/aromatic N) is 1. The van der Waals surface area contributed by atoms with E-state index in [2.05, 4.69) is 0 Å². The Morgan fingerprint density at radius 3 is 1.52 bits per heavy atom. The number of anilines is 1. The number of benzene rings is 1. The van der Waals surface area contributed by atoms with Gasteiger partial charge in [-0.2, -0.15) is 34.8 Å². The summed E-state index contributed by atoms with van der Waals surface area (Å²) in [6, 6.07) is 0. The lowest BCUT2D eigenvalue weighted by atomic mass is 9.90. The second-order valence-electron chi connectivity index (χ2n) is 4.91. The van der Waals surface area contributed by atoms with Crippen LogP contribution in [0.4, 0.5) is 32.0 Å². The Kier molecular flexibility index (Phi) is 4.72. The number of alkyl halides is 6. The number of hydrogen-bond acceptors (Lipinski definition) is 2. The maximum absolute atomic E-state index is 13.3. The van der Waals surface area contributed by atoms with Crippen LogP contribution < -0.4 is 4.31 Å². The SMILES string of the molecule is Cc1c(C)c(N(C)S(=O)(=O)O)c(C(F)(F)F)c(C(F)(F)F)c1C. The molecular formula is C12H13F6NO3S. The van der Waals surface area contributed by atoms with E-state index >= 15 is 0 Å². The lowest BCUT2D eigenvalue weighted by molar-refractivity contribution is -0.162. The highest BCUT2D eigenvalue weighted by atomic mass is 32.2. The van der Waals surface area contributed by atoms with Crippen molar-refractivity contribution in [1.29, 1.82) is 0 Å². The Morgan fingerprint density at radius 1 is 0.826 bits per heavy atom. The van der Waals surface area contributed by atoms with Gasteiger partial charge in [-0.3, -0.25) is 8.86 Å². The van der Waals surface area contributed by atoms with Crippen molar-refractivity contribution < 1.29 is 39.3 Å². The molecule has 0 radical (unpaired) electrons. The molecule has 0 heterocycles. The fourth-order valence-electron chi connectivity index (χ4n) is 2.28. The van der Waals surface area contributed by atoms with E-state index in [1.807, 2.05) is 0 Å². The molecule has 132 valence electrons. The zero-order valence-electron chi connectivity index (χ0n) is 12.4. The van der Waals surface area contributed by atoms with Crippen molar-refractivity contribution in [2.75, 3.05) is 11.4 Å². The molecule has 0 atom stereocenters. The van der Waals surface area contributed by atoms with E-state index in [-0.39, 0.29) is 15.4 Å². The molecule has 1 aromatic carbocycles. The third-order valence-corrected chi connectivity index (χ3v) is 4.44. The summed E-state index contributed by atoms with van der Waals surface area (Å²) in [7, 11) is -4.64. The molecule has 0 saturated heterocycles. The van der Waals surface area contributed by atoms with Gasteiger partial charge >= 0.3 is 22.7 Å². The third-order valence-electron chi connectivity index (χ3n) is 3.57. The minimum Gasteiger partial charge on any atom is -0.269 e. The molecule has 0 unspecified atom stereocenters. The van der Waals surface area contributed by atoms with Gasteiger partial charge in [0, 0.05) is 7.05 Å². The topological polar surface area (TPSA) is 57.6 Å². The first-order valence-electron chi connectivity index (χ1n) is 6.00. The standard InChI is InChI=1S/C12H13F6NO3S/c1-5-6(2)8(11(13,14)15)9(12(16,17)18)10(7(5)3)19(4)23(20,21)22/h1-4H3,(H,20,21,22). The molecule has 1 rings (SSSR count). The number of halogens is 6. The molecule has 11 heteroatoms. The van der Waals surface area contributed by atoms with Crippen LogP contribution in [0.2, 0.25) is 0 Å². The molecule has 0 aromatic heterocycles. The van der Waals surface area contributed by atoms with Crippen molar-refractivity contribution >= 4 is 16.0 Å². The van der Waals surface area contributed by atoms with Gasteiger partial charge in [-0.05, 0) is 37.5 Å². The minimum absolute atomic E-state index is 0.157. The summed E-state index contributed by atoms with van der Waals surface area (Å²) in [5.41, 5.74) is -6.52. The van der Waals surface area contributed by atoms with E-state index in [1.54, 1.807) is 0 Å². The van der Waals surface area contributed by atoms with Crippen LogP contribution in [0.15, 0.2) is 0 Å². The lowest BCUT2D eigenvalue weighted by Crippen LogP contribution is -2.31. The maximum atomic E-state index is 13.3. The van der Waals surface area contributed by atoms with Crippen molar-refractivity contribution in [3.8, 4) is 0 Å². The minimum atomic E-state index is -5.48. The zero-order chi connectivity index (χ0) is 18.5. The van der Waals surface area contributed by atoms with Gasteiger partial charge in [-0.25, -0.2) is 0 Å². The second-order valence-corrected chi connectivity index (χ2v) is 6.36. The smallest absolute Gasteiger partial charge is 0.269 e. The highest BCUT2D eigenvalue weighted by Gasteiger charge is 2.48. The van der Waals surface area contributed by atoms with Crippen molar-refractivity contribution in [2.45, 2.75) is 33.1 Å². The highest BCUT2D eigenvalue weighted by molar-refractivity contribution is 7.87. The van der Waals surface area contributed by atoms with Crippen molar-refractivity contribution in [1.82, 2.24) is 0 Å². The Morgan fingerprint density at radius 2 is 1.22 bits per heavy atom. The third kappa shape index (κ3) is 3.55. The van der Waals surface area contributed by atoms with Gasteiger partial charge < -0.3 is 0 Å². The van der Waals surface area contributed by atoms with Crippen molar-refractivity contribution in [3.63, 3.8) is 0 Å². The Bertz CT molecular complexity index is 737. The van der Waals surface area contributed by atoms with Crippen LogP contribution in [0.1, 0.15) is 27.8 Å². The Balaban J connectivity index is 4.16. The predicted octanol–water partition coefficient (Wildman–Crippen LogP) is 3.89. The van der Waals surface area contributed by atoms with Gasteiger partial charge in [-0.1, -0.05) is 0 Å². The summed E-state index contributed by atoms with van der Waals surface area (Å²) in [6.45, 7) is 3.06. The molecule has 0 saturated carbocycles. The van der Waals surface area contributed by atoms with Crippen LogP contribution in [-0.4, -0.2) is 20.0 Å². The molecule has 0 aliphatic rings. The van der Waals surface area contributed by atoms with Crippen LogP contribution in [0.5, 0.6) is 0 Å². The average molecular weight is 365 g/mol. The second kappa shape index (κ2) is 5.55. The Labute approximate surface area is 128 Å². The summed E-state index contributed by atoms with van der Waals surface area (Å²) in [4.78, 5) is 0. The van der Waals surface area contributed by atoms with E-state index < -0.39 is 45.0 Å². The van der Waals surface area contributed by atoms with Crippen molar-refractivity contribution in [2.24, 2.45) is 0 Å². The summed E-state index contributed by atoms with van der Waals surface area (Å²) < 4.78 is 110. The predicted molar refractivity (Wildman–Crippen MR) is 70.6 cm³/mol. The molecule has 0 aliphatic carbocycles. The summed E-state index contributed by atoms with van der Waals surface area (Å²) in [5.74, 6) is 0. The van der Waals surface area contributed by atoms with Gasteiger partial charge in [0.25, 0.3) is 0 Å². The fourth-order valence-corrected chi connectivity index (χ4v) is 2.74. The molecule has 4 nitrogen and oxygen atoms in total. The fraction of sp³-hybridized carbons (Fsp3) is 0.500. The first-order chi connectivity index (χ1) is 10.0. The quantitative estimate of drug-likeness (QED) is 0.639. The summed E-state index contributed by atoms with van der Waals surface area (Å²) in [5, 5.41) is 0. The molecule has 23 heavy (non-hydrogen) atoms. The van der Waals surface area contributed by atoms with E-state index in [9.17, 15) is 34.8 Å². The number of hydrogen-bond donors (Lipinski definition) is 1. The normalized spacial score (nSPS) is 13.3. The summed E-state index contributed by atoms with van der Waals surface area (Å²) in [6.07, 6.45) is -10.8. The molecular weight excluding hydrogens is 352 g/mol. The maximum Gasteiger partial charge on any atom is 0.419 e. The van der Waals surface area contributed by atoms with Crippen LogP contribution in [0.25, 0.3) is 0 Å². The average Bonchev–Trinajstić information content (AvgIpc) is 2.30. The largest absolute Gasteiger partial charge is 0.419 e. The molecule has 1 N–H and O–H groups in total. The molecule has 0 fully saturated rings. The Hall–Kier alpha value is -1.49. The lowest BCUT2D eigenvalue weighted by Gasteiger charge is -2.28. The monoisotopic (exact) mass is 365 g/mol. The van der Waals surface area contributed by atoms with Crippen LogP contribution >= 0.6 is 0 Å². The highest BCUT2D eigenvalue weighted by Crippen LogP contribution is 2.49. The van der Waals surface area contributed by atoms with Crippen molar-refractivity contribution in [3.05, 3.63) is 27.8 Å². The molecule has 0 bridgehead atoms. The van der Waals surface area contributed by atoms with E-state index in [1.165, 1.54) is 0 Å². The first kappa shape index (κ1) is 19.6. The molecule has 0 aliphatic heterocycles. The summed E-state index contributed by atoms with van der Waals surface area (Å²) >= 11 is 0. The van der Waals surface area contributed by atoms with Crippen LogP contribution in [0.3, 0.4) is 0 Å². The van der Waals surface area contributed by atoms with Gasteiger partial charge in [0.15, 0.2) is 0 Å². The van der Waals surface area contributed by atoms with E-state index in [0.29, 0.717) is 7.05 Å². The van der Waals surface area contributed by atoms with Gasteiger partial charge in [0.05, 0.1) is 16.8 Å². The molecule has 0 spiro atoms. The van der Waals surface area contributed by atoms with Crippen LogP contribution in [0, 0.1) is 20.8 Å². The van der Waals surface area contributed by atoms with Crippen LogP contribution in [-0.2, 0) is 22.7 Å². The number of rotatable bonds is 2. The van der Waals surface area contributed by atoms with E-state index in [0.717, 1.165) is 20.8 Å². The molecule has 1 aromatic rings. The molecule has 0 amide bonds. The van der Waals surface area contributed by atoms with Gasteiger partial charge in [-0.15, -0.1) is 0 Å².